The lowest BCUT2D eigenvalue weighted by molar-refractivity contribution is 0.0670. The zero-order valence-electron chi connectivity index (χ0n) is 14.1. The van der Waals surface area contributed by atoms with Crippen LogP contribution in [0.1, 0.15) is 21.8 Å². The first kappa shape index (κ1) is 17.0. The second-order valence-corrected chi connectivity index (χ2v) is 6.74. The van der Waals surface area contributed by atoms with Gasteiger partial charge in [-0.2, -0.15) is 0 Å². The smallest absolute Gasteiger partial charge is 0.256 e. The molecule has 0 aliphatic carbocycles. The Morgan fingerprint density at radius 2 is 2.33 bits per heavy atom. The van der Waals surface area contributed by atoms with E-state index >= 15 is 0 Å². The standard InChI is InChI=1S/C17H21N3O3S/c1-11-7-13(23-19-11)8-12-9-20(10-15(12)22-2)17(21)14-5-4-6-18-16(14)24-3/h4-7,12,15H,8-10H2,1-3H3/t12-,15+/m1/s1. The largest absolute Gasteiger partial charge is 0.379 e. The van der Waals surface area contributed by atoms with Crippen LogP contribution in [0.5, 0.6) is 0 Å². The van der Waals surface area contributed by atoms with Crippen molar-refractivity contribution in [2.24, 2.45) is 5.92 Å². The summed E-state index contributed by atoms with van der Waals surface area (Å²) in [6.07, 6.45) is 4.34. The van der Waals surface area contributed by atoms with E-state index in [1.54, 1.807) is 19.4 Å². The number of nitrogens with zero attached hydrogens (tertiary/aromatic N) is 3. The number of ether oxygens (including phenoxy) is 1. The van der Waals surface area contributed by atoms with Gasteiger partial charge in [-0.15, -0.1) is 11.8 Å². The summed E-state index contributed by atoms with van der Waals surface area (Å²) in [5, 5.41) is 4.68. The molecule has 3 heterocycles. The van der Waals surface area contributed by atoms with Crippen LogP contribution in [0.4, 0.5) is 0 Å². The molecule has 2 aromatic heterocycles. The number of thioether (sulfide) groups is 1. The Kier molecular flexibility index (Phi) is 5.20. The van der Waals surface area contributed by atoms with E-state index in [0.717, 1.165) is 16.5 Å². The topological polar surface area (TPSA) is 68.5 Å². The van der Waals surface area contributed by atoms with Crippen molar-refractivity contribution in [3.05, 3.63) is 41.4 Å². The Hall–Kier alpha value is -1.86. The molecule has 1 fully saturated rings. The molecular weight excluding hydrogens is 326 g/mol. The molecule has 0 saturated carbocycles. The van der Waals surface area contributed by atoms with Crippen LogP contribution in [0.2, 0.25) is 0 Å². The highest BCUT2D eigenvalue weighted by molar-refractivity contribution is 7.98. The van der Waals surface area contributed by atoms with Gasteiger partial charge < -0.3 is 14.2 Å². The minimum atomic E-state index is -0.00578. The highest BCUT2D eigenvalue weighted by atomic mass is 32.2. The predicted molar refractivity (Wildman–Crippen MR) is 91.2 cm³/mol. The van der Waals surface area contributed by atoms with Gasteiger partial charge in [-0.1, -0.05) is 5.16 Å². The van der Waals surface area contributed by atoms with Gasteiger partial charge in [0.25, 0.3) is 5.91 Å². The van der Waals surface area contributed by atoms with Crippen molar-refractivity contribution in [2.75, 3.05) is 26.5 Å². The monoisotopic (exact) mass is 347 g/mol. The Morgan fingerprint density at radius 3 is 3.00 bits per heavy atom. The molecule has 128 valence electrons. The number of hydrogen-bond acceptors (Lipinski definition) is 6. The van der Waals surface area contributed by atoms with Crippen molar-refractivity contribution < 1.29 is 14.1 Å². The van der Waals surface area contributed by atoms with E-state index in [2.05, 4.69) is 10.1 Å². The van der Waals surface area contributed by atoms with Crippen LogP contribution >= 0.6 is 11.8 Å². The van der Waals surface area contributed by atoms with E-state index in [1.165, 1.54) is 11.8 Å². The molecule has 2 aromatic rings. The average Bonchev–Trinajstić information content (AvgIpc) is 3.20. The fourth-order valence-electron chi connectivity index (χ4n) is 3.13. The van der Waals surface area contributed by atoms with Crippen LogP contribution in [-0.4, -0.2) is 53.5 Å². The van der Waals surface area contributed by atoms with Crippen molar-refractivity contribution in [1.82, 2.24) is 15.0 Å². The van der Waals surface area contributed by atoms with E-state index in [4.69, 9.17) is 9.26 Å². The van der Waals surface area contributed by atoms with Crippen LogP contribution in [-0.2, 0) is 11.2 Å². The summed E-state index contributed by atoms with van der Waals surface area (Å²) in [6, 6.07) is 5.56. The summed E-state index contributed by atoms with van der Waals surface area (Å²) in [7, 11) is 1.69. The summed E-state index contributed by atoms with van der Waals surface area (Å²) < 4.78 is 10.9. The third-order valence-corrected chi connectivity index (χ3v) is 5.02. The number of methoxy groups -OCH3 is 1. The summed E-state index contributed by atoms with van der Waals surface area (Å²) in [5.41, 5.74) is 1.51. The number of carbonyl (C=O) groups is 1. The van der Waals surface area contributed by atoms with Crippen LogP contribution in [0.15, 0.2) is 33.9 Å². The number of aromatic nitrogens is 2. The van der Waals surface area contributed by atoms with Crippen molar-refractivity contribution >= 4 is 17.7 Å². The second-order valence-electron chi connectivity index (χ2n) is 5.94. The number of pyridine rings is 1. The molecule has 24 heavy (non-hydrogen) atoms. The Bertz CT molecular complexity index is 719. The highest BCUT2D eigenvalue weighted by Gasteiger charge is 2.37. The van der Waals surface area contributed by atoms with E-state index in [9.17, 15) is 4.79 Å². The molecule has 0 unspecified atom stereocenters. The molecule has 7 heteroatoms. The molecule has 0 N–H and O–H groups in total. The lowest BCUT2D eigenvalue weighted by Crippen LogP contribution is -2.30. The molecule has 0 aromatic carbocycles. The summed E-state index contributed by atoms with van der Waals surface area (Å²) >= 11 is 1.48. The van der Waals surface area contributed by atoms with Crippen molar-refractivity contribution in [3.63, 3.8) is 0 Å². The summed E-state index contributed by atoms with van der Waals surface area (Å²) in [6.45, 7) is 3.12. The minimum absolute atomic E-state index is 0.00532. The molecule has 0 radical (unpaired) electrons. The molecule has 0 spiro atoms. The number of amides is 1. The molecular formula is C17H21N3O3S. The van der Waals surface area contributed by atoms with Gasteiger partial charge in [-0.3, -0.25) is 4.79 Å². The van der Waals surface area contributed by atoms with Gasteiger partial charge in [0.05, 0.1) is 17.4 Å². The first-order valence-electron chi connectivity index (χ1n) is 7.85. The molecule has 1 aliphatic heterocycles. The number of rotatable bonds is 5. The summed E-state index contributed by atoms with van der Waals surface area (Å²) in [4.78, 5) is 19.0. The minimum Gasteiger partial charge on any atom is -0.379 e. The van der Waals surface area contributed by atoms with Crippen LogP contribution in [0, 0.1) is 12.8 Å². The quantitative estimate of drug-likeness (QED) is 0.774. The molecule has 0 bridgehead atoms. The zero-order chi connectivity index (χ0) is 17.1. The molecule has 1 aliphatic rings. The SMILES string of the molecule is CO[C@H]1CN(C(=O)c2cccnc2SC)C[C@H]1Cc1cc(C)no1. The lowest BCUT2D eigenvalue weighted by atomic mass is 10.0. The molecule has 1 amide bonds. The normalized spacial score (nSPS) is 20.5. The predicted octanol–water partition coefficient (Wildman–Crippen LogP) is 2.43. The van der Waals surface area contributed by atoms with E-state index in [1.807, 2.05) is 30.2 Å². The van der Waals surface area contributed by atoms with Crippen LogP contribution in [0.3, 0.4) is 0 Å². The van der Waals surface area contributed by atoms with Gasteiger partial charge in [0.15, 0.2) is 0 Å². The van der Waals surface area contributed by atoms with Crippen molar-refractivity contribution in [3.8, 4) is 0 Å². The first-order valence-corrected chi connectivity index (χ1v) is 9.08. The zero-order valence-corrected chi connectivity index (χ0v) is 14.9. The maximum Gasteiger partial charge on any atom is 0.256 e. The second kappa shape index (κ2) is 7.36. The average molecular weight is 347 g/mol. The van der Waals surface area contributed by atoms with E-state index in [-0.39, 0.29) is 17.9 Å². The van der Waals surface area contributed by atoms with Gasteiger partial charge in [-0.25, -0.2) is 4.98 Å². The number of carbonyl (C=O) groups excluding carboxylic acids is 1. The van der Waals surface area contributed by atoms with Crippen LogP contribution < -0.4 is 0 Å². The molecule has 6 nitrogen and oxygen atoms in total. The van der Waals surface area contributed by atoms with E-state index in [0.29, 0.717) is 25.1 Å². The van der Waals surface area contributed by atoms with E-state index < -0.39 is 0 Å². The molecule has 1 saturated heterocycles. The fourth-order valence-corrected chi connectivity index (χ4v) is 3.67. The van der Waals surface area contributed by atoms with Crippen molar-refractivity contribution in [2.45, 2.75) is 24.5 Å². The fraction of sp³-hybridized carbons (Fsp3) is 0.471. The Labute approximate surface area is 145 Å². The van der Waals surface area contributed by atoms with Gasteiger partial charge in [0.1, 0.15) is 10.8 Å². The lowest BCUT2D eigenvalue weighted by Gasteiger charge is -2.17. The number of likely N-dealkylation sites (tertiary alicyclic amines) is 1. The third kappa shape index (κ3) is 3.47. The van der Waals surface area contributed by atoms with Gasteiger partial charge >= 0.3 is 0 Å². The third-order valence-electron chi connectivity index (χ3n) is 4.31. The summed E-state index contributed by atoms with van der Waals surface area (Å²) in [5.74, 6) is 1.03. The Balaban J connectivity index is 1.74. The maximum absolute atomic E-state index is 12.9. The van der Waals surface area contributed by atoms with Crippen LogP contribution in [0.25, 0.3) is 0 Å². The van der Waals surface area contributed by atoms with Gasteiger partial charge in [0.2, 0.25) is 0 Å². The molecule has 3 rings (SSSR count). The first-order chi connectivity index (χ1) is 11.6. The van der Waals surface area contributed by atoms with Gasteiger partial charge in [0, 0.05) is 44.8 Å². The number of hydrogen-bond donors (Lipinski definition) is 0. The Morgan fingerprint density at radius 1 is 1.50 bits per heavy atom. The maximum atomic E-state index is 12.9. The molecule has 2 atom stereocenters. The highest BCUT2D eigenvalue weighted by Crippen LogP contribution is 2.27. The van der Waals surface area contributed by atoms with Crippen molar-refractivity contribution in [1.29, 1.82) is 0 Å². The number of aryl methyl sites for hydroxylation is 1. The van der Waals surface area contributed by atoms with Gasteiger partial charge in [-0.05, 0) is 25.3 Å².